The molecule has 1 amide bonds. The molecule has 2 aromatic carbocycles. The molecule has 1 fully saturated rings. The molecule has 1 saturated heterocycles. The molecule has 0 saturated carbocycles. The molecule has 2 aliphatic heterocycles. The minimum atomic E-state index is -0.937. The van der Waals surface area contributed by atoms with E-state index >= 15 is 0 Å². The summed E-state index contributed by atoms with van der Waals surface area (Å²) in [6.45, 7) is 1.39. The highest BCUT2D eigenvalue weighted by atomic mass is 19.1. The van der Waals surface area contributed by atoms with Crippen molar-refractivity contribution in [3.8, 4) is 0 Å². The molecule has 0 aromatic heterocycles. The Morgan fingerprint density at radius 3 is 2.43 bits per heavy atom. The van der Waals surface area contributed by atoms with Crippen molar-refractivity contribution in [1.82, 2.24) is 4.90 Å². The van der Waals surface area contributed by atoms with E-state index in [1.807, 2.05) is 24.3 Å². The molecule has 1 atom stereocenters. The smallest absolute Gasteiger partial charge is 0.312 e. The Kier molecular flexibility index (Phi) is 4.89. The van der Waals surface area contributed by atoms with E-state index in [9.17, 15) is 19.1 Å². The molecule has 1 unspecified atom stereocenters. The number of nitrogens with zero attached hydrogens (tertiary/aromatic N) is 1. The zero-order valence-corrected chi connectivity index (χ0v) is 15.4. The van der Waals surface area contributed by atoms with Gasteiger partial charge in [-0.25, -0.2) is 4.39 Å². The van der Waals surface area contributed by atoms with Gasteiger partial charge < -0.3 is 14.7 Å². The second-order valence-electron chi connectivity index (χ2n) is 7.48. The van der Waals surface area contributed by atoms with Crippen molar-refractivity contribution in [2.75, 3.05) is 19.8 Å². The van der Waals surface area contributed by atoms with Crippen LogP contribution in [-0.4, -0.2) is 41.6 Å². The van der Waals surface area contributed by atoms with Crippen molar-refractivity contribution in [1.29, 1.82) is 0 Å². The second kappa shape index (κ2) is 7.36. The lowest BCUT2D eigenvalue weighted by atomic mass is 9.72. The Morgan fingerprint density at radius 2 is 1.75 bits per heavy atom. The Labute approximate surface area is 162 Å². The normalized spacial score (nSPS) is 21.0. The van der Waals surface area contributed by atoms with Gasteiger partial charge in [0, 0.05) is 26.3 Å². The number of rotatable bonds is 3. The maximum absolute atomic E-state index is 13.7. The van der Waals surface area contributed by atoms with Crippen molar-refractivity contribution >= 4 is 11.9 Å². The monoisotopic (exact) mass is 383 g/mol. The highest BCUT2D eigenvalue weighted by molar-refractivity contribution is 5.90. The average molecular weight is 383 g/mol. The molecule has 6 heteroatoms. The lowest BCUT2D eigenvalue weighted by Crippen LogP contribution is -2.52. The molecule has 1 N–H and O–H groups in total. The van der Waals surface area contributed by atoms with Crippen LogP contribution in [0.4, 0.5) is 4.39 Å². The third-order valence-corrected chi connectivity index (χ3v) is 5.93. The predicted molar refractivity (Wildman–Crippen MR) is 100 cm³/mol. The quantitative estimate of drug-likeness (QED) is 0.885. The summed E-state index contributed by atoms with van der Waals surface area (Å²) in [4.78, 5) is 27.2. The van der Waals surface area contributed by atoms with Crippen LogP contribution in [0.1, 0.15) is 35.4 Å². The number of ether oxygens (including phenoxy) is 1. The van der Waals surface area contributed by atoms with Crippen LogP contribution in [0.15, 0.2) is 48.5 Å². The van der Waals surface area contributed by atoms with E-state index in [0.717, 1.165) is 16.7 Å². The van der Waals surface area contributed by atoms with Gasteiger partial charge in [0.1, 0.15) is 5.82 Å². The van der Waals surface area contributed by atoms with E-state index in [4.69, 9.17) is 4.74 Å². The van der Waals surface area contributed by atoms with Crippen LogP contribution in [0.5, 0.6) is 0 Å². The lowest BCUT2D eigenvalue weighted by Gasteiger charge is -2.42. The second-order valence-corrected chi connectivity index (χ2v) is 7.48. The van der Waals surface area contributed by atoms with Crippen molar-refractivity contribution in [3.05, 3.63) is 71.0 Å². The zero-order valence-electron chi connectivity index (χ0n) is 15.4. The fourth-order valence-electron chi connectivity index (χ4n) is 4.39. The number of benzene rings is 2. The molecule has 0 radical (unpaired) electrons. The Hall–Kier alpha value is -2.73. The topological polar surface area (TPSA) is 66.8 Å². The number of aliphatic carboxylic acids is 1. The van der Waals surface area contributed by atoms with Crippen LogP contribution < -0.4 is 0 Å². The first kappa shape index (κ1) is 18.6. The van der Waals surface area contributed by atoms with Gasteiger partial charge in [-0.1, -0.05) is 36.4 Å². The van der Waals surface area contributed by atoms with Crippen molar-refractivity contribution in [3.63, 3.8) is 0 Å². The first-order valence-corrected chi connectivity index (χ1v) is 9.45. The summed E-state index contributed by atoms with van der Waals surface area (Å²) in [7, 11) is 0. The summed E-state index contributed by atoms with van der Waals surface area (Å²) >= 11 is 0. The summed E-state index contributed by atoms with van der Waals surface area (Å²) < 4.78 is 18.9. The molecule has 5 nitrogen and oxygen atoms in total. The van der Waals surface area contributed by atoms with Gasteiger partial charge in [-0.05, 0) is 41.7 Å². The van der Waals surface area contributed by atoms with Gasteiger partial charge >= 0.3 is 5.97 Å². The van der Waals surface area contributed by atoms with Gasteiger partial charge in [-0.3, -0.25) is 9.59 Å². The van der Waals surface area contributed by atoms with E-state index in [1.54, 1.807) is 17.0 Å². The van der Waals surface area contributed by atoms with E-state index in [2.05, 4.69) is 0 Å². The molecule has 0 aliphatic carbocycles. The molecule has 0 spiro atoms. The first-order chi connectivity index (χ1) is 13.5. The third kappa shape index (κ3) is 3.18. The Morgan fingerprint density at radius 1 is 1.07 bits per heavy atom. The Bertz CT molecular complexity index is 890. The maximum Gasteiger partial charge on any atom is 0.312 e. The van der Waals surface area contributed by atoms with Crippen LogP contribution in [0, 0.1) is 5.82 Å². The average Bonchev–Trinajstić information content (AvgIpc) is 2.73. The predicted octanol–water partition coefficient (Wildman–Crippen LogP) is 3.08. The molecule has 146 valence electrons. The zero-order chi connectivity index (χ0) is 19.7. The van der Waals surface area contributed by atoms with Crippen molar-refractivity contribution in [2.45, 2.75) is 30.7 Å². The highest BCUT2D eigenvalue weighted by Gasteiger charge is 2.46. The number of halogens is 1. The molecular weight excluding hydrogens is 361 g/mol. The van der Waals surface area contributed by atoms with E-state index < -0.39 is 17.3 Å². The summed E-state index contributed by atoms with van der Waals surface area (Å²) in [6.07, 6.45) is 0.987. The third-order valence-electron chi connectivity index (χ3n) is 5.93. The molecule has 0 bridgehead atoms. The fourth-order valence-corrected chi connectivity index (χ4v) is 4.39. The molecule has 28 heavy (non-hydrogen) atoms. The highest BCUT2D eigenvalue weighted by Crippen LogP contribution is 2.39. The Balaban J connectivity index is 1.71. The van der Waals surface area contributed by atoms with Gasteiger partial charge in [-0.2, -0.15) is 0 Å². The minimum Gasteiger partial charge on any atom is -0.481 e. The van der Waals surface area contributed by atoms with E-state index in [0.29, 0.717) is 32.6 Å². The van der Waals surface area contributed by atoms with Gasteiger partial charge in [0.25, 0.3) is 0 Å². The standard InChI is InChI=1S/C22H22FNO4/c23-17-7-5-16(6-8-17)22(9-11-28-12-10-22)21(27)24-13-15-3-1-2-4-18(15)19(14-24)20(25)26/h1-8,19H,9-14H2,(H,25,26). The first-order valence-electron chi connectivity index (χ1n) is 9.45. The number of carbonyl (C=O) groups excluding carboxylic acids is 1. The maximum atomic E-state index is 13.7. The van der Waals surface area contributed by atoms with Crippen molar-refractivity contribution in [2.24, 2.45) is 0 Å². The molecule has 4 rings (SSSR count). The number of amides is 1. The minimum absolute atomic E-state index is 0.108. The molecule has 2 aliphatic rings. The van der Waals surface area contributed by atoms with Gasteiger partial charge in [-0.15, -0.1) is 0 Å². The molecule has 2 heterocycles. The number of carbonyl (C=O) groups is 2. The van der Waals surface area contributed by atoms with E-state index in [-0.39, 0.29) is 18.3 Å². The number of carboxylic acid groups (broad SMARTS) is 1. The van der Waals surface area contributed by atoms with Gasteiger partial charge in [0.15, 0.2) is 0 Å². The van der Waals surface area contributed by atoms with E-state index in [1.165, 1.54) is 12.1 Å². The number of carboxylic acids is 1. The van der Waals surface area contributed by atoms with Crippen LogP contribution in [0.25, 0.3) is 0 Å². The number of hydrogen-bond donors (Lipinski definition) is 1. The van der Waals surface area contributed by atoms with Crippen LogP contribution in [-0.2, 0) is 26.3 Å². The van der Waals surface area contributed by atoms with Gasteiger partial charge in [0.2, 0.25) is 5.91 Å². The van der Waals surface area contributed by atoms with Crippen molar-refractivity contribution < 1.29 is 23.8 Å². The number of fused-ring (bicyclic) bond motifs is 1. The van der Waals surface area contributed by atoms with Crippen LogP contribution in [0.3, 0.4) is 0 Å². The van der Waals surface area contributed by atoms with Crippen LogP contribution >= 0.6 is 0 Å². The summed E-state index contributed by atoms with van der Waals surface area (Å²) in [6, 6.07) is 13.4. The fraction of sp³-hybridized carbons (Fsp3) is 0.364. The lowest BCUT2D eigenvalue weighted by molar-refractivity contribution is -0.146. The summed E-state index contributed by atoms with van der Waals surface area (Å²) in [5.41, 5.74) is 1.56. The molecular formula is C22H22FNO4. The summed E-state index contributed by atoms with van der Waals surface area (Å²) in [5, 5.41) is 9.71. The van der Waals surface area contributed by atoms with Gasteiger partial charge in [0.05, 0.1) is 11.3 Å². The largest absolute Gasteiger partial charge is 0.481 e. The number of hydrogen-bond acceptors (Lipinski definition) is 3. The molecule has 2 aromatic rings. The summed E-state index contributed by atoms with van der Waals surface area (Å²) in [5.74, 6) is -2.15. The van der Waals surface area contributed by atoms with Crippen LogP contribution in [0.2, 0.25) is 0 Å². The SMILES string of the molecule is O=C(O)C1CN(C(=O)C2(c3ccc(F)cc3)CCOCC2)Cc2ccccc21.